The number of aryl methyl sites for hydroxylation is 2. The van der Waals surface area contributed by atoms with Crippen molar-refractivity contribution in [2.75, 3.05) is 7.05 Å². The third-order valence-electron chi connectivity index (χ3n) is 2.62. The lowest BCUT2D eigenvalue weighted by Gasteiger charge is -2.16. The summed E-state index contributed by atoms with van der Waals surface area (Å²) in [5.41, 5.74) is 0.893. The second-order valence-electron chi connectivity index (χ2n) is 4.39. The van der Waals surface area contributed by atoms with Crippen molar-refractivity contribution in [1.29, 1.82) is 0 Å². The van der Waals surface area contributed by atoms with Gasteiger partial charge < -0.3 is 10.0 Å². The van der Waals surface area contributed by atoms with E-state index in [2.05, 4.69) is 9.97 Å². The van der Waals surface area contributed by atoms with Gasteiger partial charge in [-0.25, -0.2) is 9.97 Å². The van der Waals surface area contributed by atoms with Gasteiger partial charge in [-0.05, 0) is 25.5 Å². The predicted octanol–water partition coefficient (Wildman–Crippen LogP) is 2.13. The zero-order chi connectivity index (χ0) is 14.0. The Balaban J connectivity index is 2.14. The topological polar surface area (TPSA) is 66.3 Å². The van der Waals surface area contributed by atoms with E-state index in [0.29, 0.717) is 6.54 Å². The molecule has 0 aliphatic carbocycles. The van der Waals surface area contributed by atoms with Crippen LogP contribution in [-0.4, -0.2) is 32.9 Å². The van der Waals surface area contributed by atoms with Crippen molar-refractivity contribution in [2.24, 2.45) is 0 Å². The molecule has 6 heteroatoms. The molecule has 0 fully saturated rings. The van der Waals surface area contributed by atoms with Crippen LogP contribution in [0.4, 0.5) is 0 Å². The average Bonchev–Trinajstić information content (AvgIpc) is 2.74. The molecule has 0 bridgehead atoms. The third-order valence-corrected chi connectivity index (χ3v) is 3.51. The van der Waals surface area contributed by atoms with Crippen molar-refractivity contribution >= 4 is 17.2 Å². The molecule has 5 nitrogen and oxygen atoms in total. The summed E-state index contributed by atoms with van der Waals surface area (Å²) >= 11 is 1.55. The van der Waals surface area contributed by atoms with Crippen molar-refractivity contribution < 1.29 is 9.90 Å². The molecular weight excluding hydrogens is 262 g/mol. The first-order valence-corrected chi connectivity index (χ1v) is 6.61. The second kappa shape index (κ2) is 5.36. The molecule has 2 heterocycles. The van der Waals surface area contributed by atoms with Crippen LogP contribution in [0.2, 0.25) is 0 Å². The zero-order valence-corrected chi connectivity index (χ0v) is 11.9. The van der Waals surface area contributed by atoms with Crippen LogP contribution in [0.5, 0.6) is 5.75 Å². The molecular formula is C13H15N3O2S. The number of thiazole rings is 1. The maximum Gasteiger partial charge on any atom is 0.276 e. The normalized spacial score (nSPS) is 10.5. The molecule has 0 spiro atoms. The Morgan fingerprint density at radius 1 is 1.37 bits per heavy atom. The minimum absolute atomic E-state index is 0.0781. The van der Waals surface area contributed by atoms with Crippen molar-refractivity contribution in [3.05, 3.63) is 39.6 Å². The van der Waals surface area contributed by atoms with Crippen molar-refractivity contribution in [2.45, 2.75) is 20.4 Å². The molecule has 0 aliphatic heterocycles. The lowest BCUT2D eigenvalue weighted by molar-refractivity contribution is 0.0777. The maximum atomic E-state index is 12.2. The fourth-order valence-corrected chi connectivity index (χ4v) is 2.53. The minimum atomic E-state index is -0.302. The Morgan fingerprint density at radius 3 is 2.68 bits per heavy atom. The number of carbonyl (C=O) groups excluding carboxylic acids is 1. The lowest BCUT2D eigenvalue weighted by atomic mass is 10.2. The largest absolute Gasteiger partial charge is 0.505 e. The van der Waals surface area contributed by atoms with Gasteiger partial charge in [-0.15, -0.1) is 11.3 Å². The number of carbonyl (C=O) groups is 1. The van der Waals surface area contributed by atoms with Crippen LogP contribution in [0.3, 0.4) is 0 Å². The second-order valence-corrected chi connectivity index (χ2v) is 5.71. The molecule has 1 amide bonds. The van der Waals surface area contributed by atoms with Crippen LogP contribution in [-0.2, 0) is 6.54 Å². The molecule has 0 aromatic carbocycles. The van der Waals surface area contributed by atoms with E-state index in [1.807, 2.05) is 13.8 Å². The minimum Gasteiger partial charge on any atom is -0.505 e. The van der Waals surface area contributed by atoms with E-state index < -0.39 is 0 Å². The van der Waals surface area contributed by atoms with E-state index in [1.54, 1.807) is 30.8 Å². The van der Waals surface area contributed by atoms with Gasteiger partial charge in [0.2, 0.25) is 0 Å². The number of pyridine rings is 1. The quantitative estimate of drug-likeness (QED) is 0.933. The van der Waals surface area contributed by atoms with Crippen LogP contribution in [0.1, 0.15) is 25.9 Å². The van der Waals surface area contributed by atoms with Gasteiger partial charge in [0.25, 0.3) is 5.91 Å². The molecule has 0 atom stereocenters. The average molecular weight is 277 g/mol. The van der Waals surface area contributed by atoms with Gasteiger partial charge in [0, 0.05) is 24.3 Å². The molecule has 0 radical (unpaired) electrons. The standard InChI is InChI=1S/C13H15N3O2S/c1-8-4-11(17)12(15-5-8)13(18)16(3)7-10-6-14-9(2)19-10/h4-6,17H,7H2,1-3H3. The Morgan fingerprint density at radius 2 is 2.11 bits per heavy atom. The fourth-order valence-electron chi connectivity index (χ4n) is 1.68. The van der Waals surface area contributed by atoms with Gasteiger partial charge in [0.05, 0.1) is 11.6 Å². The van der Waals surface area contributed by atoms with E-state index in [4.69, 9.17) is 0 Å². The summed E-state index contributed by atoms with van der Waals surface area (Å²) in [6.45, 7) is 4.19. The molecule has 0 saturated carbocycles. The molecule has 19 heavy (non-hydrogen) atoms. The van der Waals surface area contributed by atoms with E-state index in [9.17, 15) is 9.90 Å². The first-order chi connectivity index (χ1) is 8.97. The Labute approximate surface area is 115 Å². The molecule has 2 aromatic heterocycles. The van der Waals surface area contributed by atoms with E-state index >= 15 is 0 Å². The molecule has 0 unspecified atom stereocenters. The highest BCUT2D eigenvalue weighted by Crippen LogP contribution is 2.19. The molecule has 100 valence electrons. The van der Waals surface area contributed by atoms with Crippen molar-refractivity contribution in [3.63, 3.8) is 0 Å². The molecule has 1 N–H and O–H groups in total. The first-order valence-electron chi connectivity index (χ1n) is 5.79. The maximum absolute atomic E-state index is 12.2. The van der Waals surface area contributed by atoms with Gasteiger partial charge in [-0.2, -0.15) is 0 Å². The van der Waals surface area contributed by atoms with Gasteiger partial charge in [-0.1, -0.05) is 0 Å². The number of amides is 1. The Hall–Kier alpha value is -1.95. The first kappa shape index (κ1) is 13.5. The van der Waals surface area contributed by atoms with Gasteiger partial charge in [-0.3, -0.25) is 4.79 Å². The van der Waals surface area contributed by atoms with E-state index in [1.165, 1.54) is 11.0 Å². The van der Waals surface area contributed by atoms with Crippen LogP contribution in [0.25, 0.3) is 0 Å². The van der Waals surface area contributed by atoms with Gasteiger partial charge in [0.1, 0.15) is 5.75 Å². The number of aromatic nitrogens is 2. The van der Waals surface area contributed by atoms with Crippen LogP contribution >= 0.6 is 11.3 Å². The number of hydrogen-bond acceptors (Lipinski definition) is 5. The monoisotopic (exact) mass is 277 g/mol. The summed E-state index contributed by atoms with van der Waals surface area (Å²) in [5.74, 6) is -0.388. The molecule has 0 saturated heterocycles. The summed E-state index contributed by atoms with van der Waals surface area (Å²) in [7, 11) is 1.68. The van der Waals surface area contributed by atoms with Crippen LogP contribution in [0.15, 0.2) is 18.5 Å². The SMILES string of the molecule is Cc1cnc(C(=O)N(C)Cc2cnc(C)s2)c(O)c1. The smallest absolute Gasteiger partial charge is 0.276 e. The number of hydrogen-bond donors (Lipinski definition) is 1. The summed E-state index contributed by atoms with van der Waals surface area (Å²) in [6, 6.07) is 1.53. The number of aromatic hydroxyl groups is 1. The molecule has 0 aliphatic rings. The molecule has 2 aromatic rings. The number of nitrogens with zero attached hydrogens (tertiary/aromatic N) is 3. The zero-order valence-electron chi connectivity index (χ0n) is 11.0. The van der Waals surface area contributed by atoms with Crippen molar-refractivity contribution in [3.8, 4) is 5.75 Å². The third kappa shape index (κ3) is 3.08. The number of rotatable bonds is 3. The summed E-state index contributed by atoms with van der Waals surface area (Å²) in [5, 5.41) is 10.7. The predicted molar refractivity (Wildman–Crippen MR) is 73.3 cm³/mol. The molecule has 2 rings (SSSR count). The van der Waals surface area contributed by atoms with E-state index in [0.717, 1.165) is 15.4 Å². The highest BCUT2D eigenvalue weighted by Gasteiger charge is 2.18. The Kier molecular flexibility index (Phi) is 3.80. The van der Waals surface area contributed by atoms with E-state index in [-0.39, 0.29) is 17.4 Å². The van der Waals surface area contributed by atoms with Crippen molar-refractivity contribution in [1.82, 2.24) is 14.9 Å². The van der Waals surface area contributed by atoms with Crippen LogP contribution in [0, 0.1) is 13.8 Å². The van der Waals surface area contributed by atoms with Gasteiger partial charge >= 0.3 is 0 Å². The highest BCUT2D eigenvalue weighted by molar-refractivity contribution is 7.11. The van der Waals surface area contributed by atoms with Gasteiger partial charge in [0.15, 0.2) is 5.69 Å². The Bertz CT molecular complexity index is 610. The highest BCUT2D eigenvalue weighted by atomic mass is 32.1. The van der Waals surface area contributed by atoms with Crippen LogP contribution < -0.4 is 0 Å². The summed E-state index contributed by atoms with van der Waals surface area (Å²) < 4.78 is 0. The summed E-state index contributed by atoms with van der Waals surface area (Å²) in [4.78, 5) is 22.8. The lowest BCUT2D eigenvalue weighted by Crippen LogP contribution is -2.26. The fraction of sp³-hybridized carbons (Fsp3) is 0.308. The summed E-state index contributed by atoms with van der Waals surface area (Å²) in [6.07, 6.45) is 3.32.